The minimum atomic E-state index is -2.82. The quantitative estimate of drug-likeness (QED) is 0.118. The van der Waals surface area contributed by atoms with Gasteiger partial charge in [-0.1, -0.05) is 182 Å². The Morgan fingerprint density at radius 1 is 0.322 bits per heavy atom. The number of anilines is 6. The molecule has 0 atom stereocenters. The third-order valence-corrected chi connectivity index (χ3v) is 16.9. The van der Waals surface area contributed by atoms with Gasteiger partial charge in [0, 0.05) is 34.1 Å². The van der Waals surface area contributed by atoms with E-state index in [4.69, 9.17) is 0 Å². The second-order valence-corrected chi connectivity index (χ2v) is 19.0. The first-order chi connectivity index (χ1) is 29.3. The van der Waals surface area contributed by atoms with Crippen LogP contribution in [0.5, 0.6) is 0 Å². The lowest BCUT2D eigenvalue weighted by Gasteiger charge is -2.45. The molecule has 10 aromatic rings. The maximum absolute atomic E-state index is 2.82. The fraction of sp³-hybridized carbons (Fsp3) is 0. The van der Waals surface area contributed by atoms with Crippen molar-refractivity contribution in [3.05, 3.63) is 243 Å². The van der Waals surface area contributed by atoms with Crippen molar-refractivity contribution < 1.29 is 0 Å². The van der Waals surface area contributed by atoms with Crippen molar-refractivity contribution in [1.29, 1.82) is 0 Å². The van der Waals surface area contributed by atoms with Crippen molar-refractivity contribution in [2.24, 2.45) is 0 Å². The van der Waals surface area contributed by atoms with Crippen LogP contribution >= 0.6 is 0 Å². The van der Waals surface area contributed by atoms with Gasteiger partial charge in [0.15, 0.2) is 8.07 Å². The summed E-state index contributed by atoms with van der Waals surface area (Å²) >= 11 is 0. The highest BCUT2D eigenvalue weighted by Gasteiger charge is 2.48. The highest BCUT2D eigenvalue weighted by molar-refractivity contribution is 7.21. The van der Waals surface area contributed by atoms with Crippen LogP contribution in [0.2, 0.25) is 0 Å². The first-order valence-corrected chi connectivity index (χ1v) is 22.3. The number of benzene rings is 10. The molecule has 1 heterocycles. The van der Waals surface area contributed by atoms with E-state index in [1.54, 1.807) is 0 Å². The SMILES string of the molecule is c1ccc(N(c2ccc(-c3ccc4c(c3)[Si](c3ccccc3)(c3ccccc3)c3ccccc3N4c3ccccc3)cc2)c2ccc3c(ccc4ccccc43)c2)cc1. The predicted molar refractivity (Wildman–Crippen MR) is 253 cm³/mol. The molecule has 0 unspecified atom stereocenters. The molecular weight excluding hydrogens is 729 g/mol. The van der Waals surface area contributed by atoms with E-state index in [-0.39, 0.29) is 0 Å². The normalized spacial score (nSPS) is 12.8. The maximum atomic E-state index is 2.51. The number of hydrogen-bond donors (Lipinski definition) is 0. The van der Waals surface area contributed by atoms with E-state index in [0.717, 1.165) is 22.7 Å². The number of fused-ring (bicyclic) bond motifs is 5. The fourth-order valence-corrected chi connectivity index (χ4v) is 14.6. The van der Waals surface area contributed by atoms with Gasteiger partial charge in [0.05, 0.1) is 0 Å². The predicted octanol–water partition coefficient (Wildman–Crippen LogP) is 12.3. The Balaban J connectivity index is 1.08. The highest BCUT2D eigenvalue weighted by Crippen LogP contribution is 2.41. The zero-order valence-electron chi connectivity index (χ0n) is 32.5. The van der Waals surface area contributed by atoms with Crippen molar-refractivity contribution >= 4 is 84.5 Å². The summed E-state index contributed by atoms with van der Waals surface area (Å²) in [7, 11) is -2.82. The summed E-state index contributed by atoms with van der Waals surface area (Å²) in [6.07, 6.45) is 0. The van der Waals surface area contributed by atoms with Gasteiger partial charge in [-0.3, -0.25) is 0 Å². The number of rotatable bonds is 7. The van der Waals surface area contributed by atoms with Gasteiger partial charge in [-0.2, -0.15) is 0 Å². The molecule has 0 spiro atoms. The van der Waals surface area contributed by atoms with E-state index in [1.807, 2.05) is 0 Å². The van der Waals surface area contributed by atoms with Gasteiger partial charge in [0.2, 0.25) is 0 Å². The van der Waals surface area contributed by atoms with Crippen LogP contribution in [0.4, 0.5) is 34.1 Å². The Labute approximate surface area is 346 Å². The molecule has 1 aliphatic heterocycles. The molecule has 0 amide bonds. The first-order valence-electron chi connectivity index (χ1n) is 20.3. The molecule has 10 aromatic carbocycles. The molecule has 0 radical (unpaired) electrons. The topological polar surface area (TPSA) is 6.48 Å². The molecule has 0 saturated heterocycles. The van der Waals surface area contributed by atoms with Crippen LogP contribution in [-0.4, -0.2) is 8.07 Å². The second-order valence-electron chi connectivity index (χ2n) is 15.3. The summed E-state index contributed by atoms with van der Waals surface area (Å²) in [6, 6.07) is 89.4. The summed E-state index contributed by atoms with van der Waals surface area (Å²) in [5.74, 6) is 0. The summed E-state index contributed by atoms with van der Waals surface area (Å²) in [4.78, 5) is 4.83. The molecule has 1 aliphatic rings. The smallest absolute Gasteiger partial charge is 0.184 e. The third kappa shape index (κ3) is 5.78. The average Bonchev–Trinajstić information content (AvgIpc) is 3.32. The number of nitrogens with zero attached hydrogens (tertiary/aromatic N) is 2. The van der Waals surface area contributed by atoms with Crippen LogP contribution in [0, 0.1) is 0 Å². The second kappa shape index (κ2) is 14.5. The summed E-state index contributed by atoms with van der Waals surface area (Å²) in [5, 5.41) is 10.6. The standard InChI is InChI=1S/C56H40N2Si/c1-5-18-45(19-6-1)57(48-36-37-52-44(39-48)30-29-42-17-13-14-26-51(42)52)47-34-31-41(32-35-47)43-33-38-54-56(40-43)59(49-22-9-3-10-23-49,50-24-11-4-12-25-50)55-28-16-15-27-53(55)58(54)46-20-7-2-8-21-46/h1-40H. The van der Waals surface area contributed by atoms with Crippen LogP contribution in [-0.2, 0) is 0 Å². The van der Waals surface area contributed by atoms with E-state index < -0.39 is 8.07 Å². The van der Waals surface area contributed by atoms with E-state index in [0.29, 0.717) is 0 Å². The van der Waals surface area contributed by atoms with Crippen molar-refractivity contribution in [3.63, 3.8) is 0 Å². The van der Waals surface area contributed by atoms with Crippen LogP contribution < -0.4 is 30.5 Å². The van der Waals surface area contributed by atoms with Crippen molar-refractivity contribution in [2.45, 2.75) is 0 Å². The van der Waals surface area contributed by atoms with Crippen molar-refractivity contribution in [1.82, 2.24) is 0 Å². The molecule has 0 fully saturated rings. The van der Waals surface area contributed by atoms with Crippen LogP contribution in [0.25, 0.3) is 32.7 Å². The van der Waals surface area contributed by atoms with Gasteiger partial charge >= 0.3 is 0 Å². The molecule has 59 heavy (non-hydrogen) atoms. The Kier molecular flexibility index (Phi) is 8.53. The van der Waals surface area contributed by atoms with Crippen LogP contribution in [0.1, 0.15) is 0 Å². The van der Waals surface area contributed by atoms with Crippen LogP contribution in [0.3, 0.4) is 0 Å². The molecule has 0 saturated carbocycles. The molecule has 3 heteroatoms. The van der Waals surface area contributed by atoms with Gasteiger partial charge in [-0.25, -0.2) is 0 Å². The van der Waals surface area contributed by atoms with Crippen molar-refractivity contribution in [2.75, 3.05) is 9.80 Å². The van der Waals surface area contributed by atoms with Gasteiger partial charge in [-0.05, 0) is 114 Å². The molecule has 0 aromatic heterocycles. The van der Waals surface area contributed by atoms with Gasteiger partial charge in [-0.15, -0.1) is 0 Å². The van der Waals surface area contributed by atoms with Crippen LogP contribution in [0.15, 0.2) is 243 Å². The molecule has 2 nitrogen and oxygen atoms in total. The first kappa shape index (κ1) is 34.8. The number of para-hydroxylation sites is 3. The monoisotopic (exact) mass is 768 g/mol. The van der Waals surface area contributed by atoms with E-state index >= 15 is 0 Å². The number of hydrogen-bond acceptors (Lipinski definition) is 2. The molecule has 11 rings (SSSR count). The molecular formula is C56H40N2Si. The maximum Gasteiger partial charge on any atom is 0.184 e. The Morgan fingerprint density at radius 2 is 0.847 bits per heavy atom. The lowest BCUT2D eigenvalue weighted by Crippen LogP contribution is -2.77. The summed E-state index contributed by atoms with van der Waals surface area (Å²) in [5.41, 5.74) is 9.37. The molecule has 0 aliphatic carbocycles. The minimum absolute atomic E-state index is 1.11. The van der Waals surface area contributed by atoms with E-state index in [2.05, 4.69) is 252 Å². The van der Waals surface area contributed by atoms with Gasteiger partial charge < -0.3 is 9.80 Å². The third-order valence-electron chi connectivity index (χ3n) is 12.1. The summed E-state index contributed by atoms with van der Waals surface area (Å²) in [6.45, 7) is 0. The Morgan fingerprint density at radius 3 is 1.58 bits per heavy atom. The average molecular weight is 769 g/mol. The van der Waals surface area contributed by atoms with Crippen molar-refractivity contribution in [3.8, 4) is 11.1 Å². The highest BCUT2D eigenvalue weighted by atomic mass is 28.3. The molecule has 0 bridgehead atoms. The minimum Gasteiger partial charge on any atom is -0.311 e. The Hall–Kier alpha value is -7.46. The summed E-state index contributed by atoms with van der Waals surface area (Å²) < 4.78 is 0. The van der Waals surface area contributed by atoms with Gasteiger partial charge in [0.25, 0.3) is 0 Å². The van der Waals surface area contributed by atoms with E-state index in [9.17, 15) is 0 Å². The molecule has 0 N–H and O–H groups in total. The Bertz CT molecular complexity index is 3050. The van der Waals surface area contributed by atoms with E-state index in [1.165, 1.54) is 64.8 Å². The molecule has 278 valence electrons. The zero-order chi connectivity index (χ0) is 39.2. The largest absolute Gasteiger partial charge is 0.311 e. The fourth-order valence-electron chi connectivity index (χ4n) is 9.46. The zero-order valence-corrected chi connectivity index (χ0v) is 33.5. The lowest BCUT2D eigenvalue weighted by molar-refractivity contribution is 1.28. The van der Waals surface area contributed by atoms with Gasteiger partial charge in [0.1, 0.15) is 0 Å². The lowest BCUT2D eigenvalue weighted by atomic mass is 10.0.